The molecule has 0 aliphatic carbocycles. The molecular formula is C16H10F3N. The molecule has 2 rings (SSSR count). The zero-order valence-corrected chi connectivity index (χ0v) is 10.4. The van der Waals surface area contributed by atoms with Gasteiger partial charge < -0.3 is 0 Å². The van der Waals surface area contributed by atoms with E-state index in [2.05, 4.69) is 4.85 Å². The Bertz CT molecular complexity index is 661. The highest BCUT2D eigenvalue weighted by atomic mass is 19.4. The van der Waals surface area contributed by atoms with Crippen LogP contribution >= 0.6 is 0 Å². The fourth-order valence-electron chi connectivity index (χ4n) is 1.70. The number of nitrogens with zero attached hydrogens (tertiary/aromatic N) is 1. The lowest BCUT2D eigenvalue weighted by molar-refractivity contribution is -0.137. The molecule has 0 aliphatic heterocycles. The van der Waals surface area contributed by atoms with Gasteiger partial charge in [-0.1, -0.05) is 48.6 Å². The first kappa shape index (κ1) is 13.9. The van der Waals surface area contributed by atoms with Crippen molar-refractivity contribution in [3.63, 3.8) is 0 Å². The number of halogens is 3. The van der Waals surface area contributed by atoms with Crippen molar-refractivity contribution >= 4 is 17.8 Å². The summed E-state index contributed by atoms with van der Waals surface area (Å²) in [5.41, 5.74) is 1.23. The molecule has 0 heterocycles. The molecule has 0 atom stereocenters. The molecule has 20 heavy (non-hydrogen) atoms. The molecule has 2 aromatic carbocycles. The van der Waals surface area contributed by atoms with Crippen LogP contribution < -0.4 is 0 Å². The van der Waals surface area contributed by atoms with Crippen LogP contribution in [0, 0.1) is 6.57 Å². The first-order valence-electron chi connectivity index (χ1n) is 5.82. The first-order chi connectivity index (χ1) is 9.50. The molecular weight excluding hydrogens is 263 g/mol. The Morgan fingerprint density at radius 3 is 2.15 bits per heavy atom. The van der Waals surface area contributed by atoms with Gasteiger partial charge >= 0.3 is 6.18 Å². The lowest BCUT2D eigenvalue weighted by Gasteiger charge is -2.05. The topological polar surface area (TPSA) is 4.36 Å². The summed E-state index contributed by atoms with van der Waals surface area (Å²) in [4.78, 5) is 3.38. The Kier molecular flexibility index (Phi) is 3.90. The van der Waals surface area contributed by atoms with Crippen LogP contribution in [0.5, 0.6) is 0 Å². The Morgan fingerprint density at radius 1 is 0.900 bits per heavy atom. The van der Waals surface area contributed by atoms with Crippen LogP contribution in [0.3, 0.4) is 0 Å². The molecule has 0 unspecified atom stereocenters. The standard InChI is InChI=1S/C16H10F3N/c1-20-15-5-3-2-4-13(15)9-6-12-7-10-14(11-8-12)16(17,18)19/h2-11H/b9-6+. The number of rotatable bonds is 2. The molecule has 0 aliphatic rings. The van der Waals surface area contributed by atoms with Crippen molar-refractivity contribution < 1.29 is 13.2 Å². The zero-order chi connectivity index (χ0) is 14.6. The van der Waals surface area contributed by atoms with Crippen molar-refractivity contribution in [3.05, 3.63) is 76.6 Å². The molecule has 2 aromatic rings. The normalized spacial score (nSPS) is 11.5. The molecule has 0 saturated carbocycles. The molecule has 0 amide bonds. The number of para-hydroxylation sites is 1. The lowest BCUT2D eigenvalue weighted by Crippen LogP contribution is -2.03. The molecule has 1 nitrogen and oxygen atoms in total. The predicted octanol–water partition coefficient (Wildman–Crippen LogP) is 5.43. The molecule has 0 aromatic heterocycles. The van der Waals surface area contributed by atoms with Gasteiger partial charge in [-0.15, -0.1) is 0 Å². The van der Waals surface area contributed by atoms with Crippen molar-refractivity contribution in [2.45, 2.75) is 6.18 Å². The first-order valence-corrected chi connectivity index (χ1v) is 5.82. The highest BCUT2D eigenvalue weighted by molar-refractivity contribution is 5.76. The summed E-state index contributed by atoms with van der Waals surface area (Å²) in [7, 11) is 0. The van der Waals surface area contributed by atoms with Gasteiger partial charge in [0.15, 0.2) is 5.69 Å². The third-order valence-electron chi connectivity index (χ3n) is 2.75. The molecule has 0 spiro atoms. The van der Waals surface area contributed by atoms with Gasteiger partial charge in [-0.05, 0) is 23.3 Å². The number of hydrogen-bond donors (Lipinski definition) is 0. The molecule has 0 N–H and O–H groups in total. The second kappa shape index (κ2) is 5.62. The minimum atomic E-state index is -4.32. The van der Waals surface area contributed by atoms with Gasteiger partial charge in [-0.2, -0.15) is 13.2 Å². The van der Waals surface area contributed by atoms with E-state index in [0.717, 1.165) is 17.7 Å². The maximum Gasteiger partial charge on any atom is 0.416 e. The molecule has 100 valence electrons. The average molecular weight is 273 g/mol. The van der Waals surface area contributed by atoms with E-state index in [1.54, 1.807) is 36.4 Å². The summed E-state index contributed by atoms with van der Waals surface area (Å²) in [6, 6.07) is 11.9. The van der Waals surface area contributed by atoms with Crippen molar-refractivity contribution in [3.8, 4) is 0 Å². The summed E-state index contributed by atoms with van der Waals surface area (Å²) in [5, 5.41) is 0. The fourth-order valence-corrected chi connectivity index (χ4v) is 1.70. The van der Waals surface area contributed by atoms with Gasteiger partial charge in [0.25, 0.3) is 0 Å². The van der Waals surface area contributed by atoms with Crippen LogP contribution in [0.15, 0.2) is 48.5 Å². The van der Waals surface area contributed by atoms with Gasteiger partial charge in [0.05, 0.1) is 12.1 Å². The Labute approximate surface area is 114 Å². The SMILES string of the molecule is [C-]#[N+]c1ccccc1/C=C/c1ccc(C(F)(F)F)cc1. The van der Waals surface area contributed by atoms with Gasteiger partial charge in [0.2, 0.25) is 0 Å². The lowest BCUT2D eigenvalue weighted by atomic mass is 10.1. The van der Waals surface area contributed by atoms with E-state index < -0.39 is 11.7 Å². The van der Waals surface area contributed by atoms with Crippen molar-refractivity contribution in [2.24, 2.45) is 0 Å². The van der Waals surface area contributed by atoms with E-state index in [4.69, 9.17) is 6.57 Å². The van der Waals surface area contributed by atoms with E-state index in [0.29, 0.717) is 11.3 Å². The molecule has 0 bridgehead atoms. The predicted molar refractivity (Wildman–Crippen MR) is 73.1 cm³/mol. The summed E-state index contributed by atoms with van der Waals surface area (Å²) < 4.78 is 37.3. The maximum absolute atomic E-state index is 12.4. The van der Waals surface area contributed by atoms with Crippen LogP contribution in [0.2, 0.25) is 0 Å². The van der Waals surface area contributed by atoms with Crippen molar-refractivity contribution in [2.75, 3.05) is 0 Å². The largest absolute Gasteiger partial charge is 0.416 e. The summed E-state index contributed by atoms with van der Waals surface area (Å²) in [6.45, 7) is 7.03. The highest BCUT2D eigenvalue weighted by Gasteiger charge is 2.29. The van der Waals surface area contributed by atoms with Gasteiger partial charge in [0, 0.05) is 0 Å². The Morgan fingerprint density at radius 2 is 1.55 bits per heavy atom. The monoisotopic (exact) mass is 273 g/mol. The fraction of sp³-hybridized carbons (Fsp3) is 0.0625. The number of alkyl halides is 3. The minimum absolute atomic E-state index is 0.510. The number of hydrogen-bond acceptors (Lipinski definition) is 0. The molecule has 0 fully saturated rings. The second-order valence-corrected chi connectivity index (χ2v) is 4.12. The summed E-state index contributed by atoms with van der Waals surface area (Å²) in [6.07, 6.45) is -0.918. The molecule has 0 radical (unpaired) electrons. The average Bonchev–Trinajstić information content (AvgIpc) is 2.45. The third kappa shape index (κ3) is 3.27. The van der Waals surface area contributed by atoms with Crippen molar-refractivity contribution in [1.29, 1.82) is 0 Å². The second-order valence-electron chi connectivity index (χ2n) is 4.12. The Hall–Kier alpha value is -2.54. The van der Waals surface area contributed by atoms with E-state index >= 15 is 0 Å². The van der Waals surface area contributed by atoms with E-state index in [9.17, 15) is 13.2 Å². The maximum atomic E-state index is 12.4. The molecule has 0 saturated heterocycles. The van der Waals surface area contributed by atoms with Gasteiger partial charge in [0.1, 0.15) is 0 Å². The van der Waals surface area contributed by atoms with Gasteiger partial charge in [-0.3, -0.25) is 0 Å². The van der Waals surface area contributed by atoms with E-state index in [1.165, 1.54) is 12.1 Å². The Balaban J connectivity index is 2.22. The van der Waals surface area contributed by atoms with Crippen LogP contribution in [0.1, 0.15) is 16.7 Å². The minimum Gasteiger partial charge on any atom is -0.238 e. The smallest absolute Gasteiger partial charge is 0.238 e. The van der Waals surface area contributed by atoms with E-state index in [-0.39, 0.29) is 0 Å². The quantitative estimate of drug-likeness (QED) is 0.508. The van der Waals surface area contributed by atoms with Crippen LogP contribution in [0.4, 0.5) is 18.9 Å². The van der Waals surface area contributed by atoms with Crippen LogP contribution in [0.25, 0.3) is 17.0 Å². The van der Waals surface area contributed by atoms with Crippen molar-refractivity contribution in [1.82, 2.24) is 0 Å². The van der Waals surface area contributed by atoms with Crippen LogP contribution in [-0.2, 0) is 6.18 Å². The molecule has 4 heteroatoms. The number of benzene rings is 2. The van der Waals surface area contributed by atoms with Crippen LogP contribution in [-0.4, -0.2) is 0 Å². The van der Waals surface area contributed by atoms with Gasteiger partial charge in [-0.25, -0.2) is 4.85 Å². The summed E-state index contributed by atoms with van der Waals surface area (Å²) in [5.74, 6) is 0. The highest BCUT2D eigenvalue weighted by Crippen LogP contribution is 2.29. The van der Waals surface area contributed by atoms with E-state index in [1.807, 2.05) is 0 Å². The third-order valence-corrected chi connectivity index (χ3v) is 2.75. The summed E-state index contributed by atoms with van der Waals surface area (Å²) >= 11 is 0. The zero-order valence-electron chi connectivity index (χ0n) is 10.4.